The third-order valence-corrected chi connectivity index (χ3v) is 4.55. The molecule has 0 aliphatic carbocycles. The van der Waals surface area contributed by atoms with Gasteiger partial charge in [0.2, 0.25) is 0 Å². The van der Waals surface area contributed by atoms with Crippen molar-refractivity contribution in [1.29, 1.82) is 5.26 Å². The first kappa shape index (κ1) is 21.3. The molecule has 5 heteroatoms. The molecule has 1 aliphatic heterocycles. The van der Waals surface area contributed by atoms with Gasteiger partial charge in [-0.1, -0.05) is 33.8 Å². The van der Waals surface area contributed by atoms with Gasteiger partial charge in [0.15, 0.2) is 17.8 Å². The van der Waals surface area contributed by atoms with Gasteiger partial charge in [-0.25, -0.2) is 0 Å². The van der Waals surface area contributed by atoms with Crippen LogP contribution in [0.15, 0.2) is 18.2 Å². The Balaban J connectivity index is 0.00000151. The summed E-state index contributed by atoms with van der Waals surface area (Å²) in [5, 5.41) is 9.96. The maximum atomic E-state index is 9.96. The van der Waals surface area contributed by atoms with Crippen molar-refractivity contribution in [3.63, 3.8) is 0 Å². The molecule has 0 N–H and O–H groups in total. The molecule has 25 heavy (non-hydrogen) atoms. The van der Waals surface area contributed by atoms with Crippen LogP contribution in [0.5, 0.6) is 11.5 Å². The van der Waals surface area contributed by atoms with E-state index in [1.165, 1.54) is 0 Å². The molecule has 0 amide bonds. The van der Waals surface area contributed by atoms with Gasteiger partial charge in [-0.2, -0.15) is 5.26 Å². The predicted octanol–water partition coefficient (Wildman–Crippen LogP) is 4.30. The lowest BCUT2D eigenvalue weighted by atomic mass is 9.69. The minimum absolute atomic E-state index is 0.145. The maximum Gasteiger partial charge on any atom is 0.161 e. The summed E-state index contributed by atoms with van der Waals surface area (Å²) in [4.78, 5) is 0. The molecule has 1 aromatic rings. The van der Waals surface area contributed by atoms with Crippen LogP contribution < -0.4 is 9.47 Å². The van der Waals surface area contributed by atoms with Crippen LogP contribution in [0, 0.1) is 17.2 Å². The number of hydrogen-bond donors (Lipinski definition) is 0. The van der Waals surface area contributed by atoms with Crippen LogP contribution in [0.25, 0.3) is 0 Å². The van der Waals surface area contributed by atoms with E-state index in [1.54, 1.807) is 14.2 Å². The molecule has 140 valence electrons. The molecule has 0 spiro atoms. The van der Waals surface area contributed by atoms with Crippen LogP contribution in [-0.4, -0.2) is 33.7 Å². The Hall–Kier alpha value is -1.77. The lowest BCUT2D eigenvalue weighted by Gasteiger charge is -2.32. The Morgan fingerprint density at radius 1 is 1.16 bits per heavy atom. The van der Waals surface area contributed by atoms with Crippen molar-refractivity contribution in [3.8, 4) is 17.6 Å². The van der Waals surface area contributed by atoms with Crippen molar-refractivity contribution < 1.29 is 18.9 Å². The van der Waals surface area contributed by atoms with Gasteiger partial charge in [0.05, 0.1) is 38.9 Å². The largest absolute Gasteiger partial charge is 0.493 e. The normalized spacial score (nSPS) is 16.6. The fourth-order valence-electron chi connectivity index (χ4n) is 3.05. The third-order valence-electron chi connectivity index (χ3n) is 4.55. The van der Waals surface area contributed by atoms with Crippen LogP contribution in [-0.2, 0) is 14.9 Å². The smallest absolute Gasteiger partial charge is 0.161 e. The zero-order chi connectivity index (χ0) is 18.9. The van der Waals surface area contributed by atoms with Gasteiger partial charge in [0.25, 0.3) is 0 Å². The lowest BCUT2D eigenvalue weighted by Crippen LogP contribution is -2.32. The summed E-state index contributed by atoms with van der Waals surface area (Å²) >= 11 is 0. The molecule has 0 aromatic heterocycles. The van der Waals surface area contributed by atoms with Crippen molar-refractivity contribution in [2.75, 3.05) is 27.4 Å². The molecule has 2 rings (SSSR count). The Morgan fingerprint density at radius 2 is 1.76 bits per heavy atom. The number of hydrogen-bond acceptors (Lipinski definition) is 5. The predicted molar refractivity (Wildman–Crippen MR) is 97.9 cm³/mol. The highest BCUT2D eigenvalue weighted by Crippen LogP contribution is 2.41. The van der Waals surface area contributed by atoms with E-state index in [1.807, 2.05) is 32.0 Å². The second-order valence-electron chi connectivity index (χ2n) is 6.02. The Kier molecular flexibility index (Phi) is 8.74. The molecular formula is C20H31NO4. The first-order valence-electron chi connectivity index (χ1n) is 8.94. The fourth-order valence-corrected chi connectivity index (χ4v) is 3.05. The number of nitriles is 1. The topological polar surface area (TPSA) is 60.7 Å². The van der Waals surface area contributed by atoms with Crippen molar-refractivity contribution in [2.45, 2.75) is 52.2 Å². The summed E-state index contributed by atoms with van der Waals surface area (Å²) < 4.78 is 21.7. The van der Waals surface area contributed by atoms with Gasteiger partial charge in [0, 0.05) is 6.42 Å². The summed E-state index contributed by atoms with van der Waals surface area (Å²) in [6.45, 7) is 9.39. The first-order chi connectivity index (χ1) is 12.1. The number of methoxy groups -OCH3 is 2. The van der Waals surface area contributed by atoms with Gasteiger partial charge >= 0.3 is 0 Å². The highest BCUT2D eigenvalue weighted by Gasteiger charge is 2.37. The summed E-state index contributed by atoms with van der Waals surface area (Å²) in [6, 6.07) is 8.24. The van der Waals surface area contributed by atoms with E-state index in [2.05, 4.69) is 19.9 Å². The average Bonchev–Trinajstić information content (AvgIpc) is 3.17. The van der Waals surface area contributed by atoms with E-state index in [4.69, 9.17) is 18.9 Å². The number of benzene rings is 1. The highest BCUT2D eigenvalue weighted by molar-refractivity contribution is 5.47. The van der Waals surface area contributed by atoms with E-state index < -0.39 is 5.41 Å². The molecule has 0 radical (unpaired) electrons. The molecule has 1 saturated heterocycles. The number of rotatable bonds is 7. The third kappa shape index (κ3) is 4.87. The molecule has 0 saturated carbocycles. The number of nitrogens with zero attached hydrogens (tertiary/aromatic N) is 1. The quantitative estimate of drug-likeness (QED) is 0.734. The zero-order valence-corrected chi connectivity index (χ0v) is 16.3. The molecule has 1 fully saturated rings. The van der Waals surface area contributed by atoms with Crippen LogP contribution in [0.1, 0.15) is 46.1 Å². The summed E-state index contributed by atoms with van der Waals surface area (Å²) in [5.74, 6) is 1.44. The fraction of sp³-hybridized carbons (Fsp3) is 0.650. The molecule has 5 nitrogen and oxygen atoms in total. The van der Waals surface area contributed by atoms with Crippen LogP contribution in [0.4, 0.5) is 0 Å². The SMILES string of the molecule is CC.COc1ccc(C(C#N)(CCC2OCCO2)C(C)C)cc1OC. The van der Waals surface area contributed by atoms with E-state index in [0.29, 0.717) is 37.6 Å². The van der Waals surface area contributed by atoms with Crippen molar-refractivity contribution in [1.82, 2.24) is 0 Å². The zero-order valence-electron chi connectivity index (χ0n) is 16.3. The second-order valence-corrected chi connectivity index (χ2v) is 6.02. The monoisotopic (exact) mass is 349 g/mol. The van der Waals surface area contributed by atoms with Gasteiger partial charge < -0.3 is 18.9 Å². The van der Waals surface area contributed by atoms with E-state index in [0.717, 1.165) is 5.56 Å². The van der Waals surface area contributed by atoms with Crippen LogP contribution in [0.2, 0.25) is 0 Å². The highest BCUT2D eigenvalue weighted by atomic mass is 16.7. The Bertz CT molecular complexity index is 561. The lowest BCUT2D eigenvalue weighted by molar-refractivity contribution is -0.0510. The molecule has 1 atom stereocenters. The molecule has 1 unspecified atom stereocenters. The van der Waals surface area contributed by atoms with Crippen LogP contribution >= 0.6 is 0 Å². The van der Waals surface area contributed by atoms with E-state index in [9.17, 15) is 5.26 Å². The first-order valence-corrected chi connectivity index (χ1v) is 8.94. The van der Waals surface area contributed by atoms with Crippen LogP contribution in [0.3, 0.4) is 0 Å². The minimum atomic E-state index is -0.616. The maximum absolute atomic E-state index is 9.96. The average molecular weight is 349 g/mol. The van der Waals surface area contributed by atoms with E-state index in [-0.39, 0.29) is 12.2 Å². The van der Waals surface area contributed by atoms with Gasteiger partial charge in [-0.3, -0.25) is 0 Å². The van der Waals surface area contributed by atoms with Crippen molar-refractivity contribution >= 4 is 0 Å². The van der Waals surface area contributed by atoms with Crippen molar-refractivity contribution in [2.24, 2.45) is 5.92 Å². The summed E-state index contributed by atoms with van der Waals surface area (Å²) in [5.41, 5.74) is 0.320. The Morgan fingerprint density at radius 3 is 2.24 bits per heavy atom. The molecule has 1 aromatic carbocycles. The standard InChI is InChI=1S/C18H25NO4.C2H6/c1-13(2)18(12-19,8-7-17-22-9-10-23-17)14-5-6-15(20-3)16(11-14)21-4;1-2/h5-6,11,13,17H,7-10H2,1-4H3;1-2H3. The minimum Gasteiger partial charge on any atom is -0.493 e. The summed E-state index contributed by atoms with van der Waals surface area (Å²) in [7, 11) is 3.21. The van der Waals surface area contributed by atoms with Gasteiger partial charge in [0.1, 0.15) is 0 Å². The summed E-state index contributed by atoms with van der Waals surface area (Å²) in [6.07, 6.45) is 1.16. The molecule has 1 aliphatic rings. The van der Waals surface area contributed by atoms with Crippen molar-refractivity contribution in [3.05, 3.63) is 23.8 Å². The molecular weight excluding hydrogens is 318 g/mol. The Labute approximate surface area is 151 Å². The van der Waals surface area contributed by atoms with Gasteiger partial charge in [-0.05, 0) is 30.0 Å². The van der Waals surface area contributed by atoms with E-state index >= 15 is 0 Å². The molecule has 1 heterocycles. The molecule has 0 bridgehead atoms. The second kappa shape index (κ2) is 10.3. The number of ether oxygens (including phenoxy) is 4. The van der Waals surface area contributed by atoms with Gasteiger partial charge in [-0.15, -0.1) is 0 Å².